The Bertz CT molecular complexity index is 556. The van der Waals surface area contributed by atoms with E-state index in [4.69, 9.17) is 0 Å². The van der Waals surface area contributed by atoms with Crippen molar-refractivity contribution in [3.63, 3.8) is 0 Å². The van der Waals surface area contributed by atoms with Gasteiger partial charge in [-0.3, -0.25) is 4.79 Å². The van der Waals surface area contributed by atoms with E-state index in [-0.39, 0.29) is 11.9 Å². The zero-order valence-electron chi connectivity index (χ0n) is 14.9. The van der Waals surface area contributed by atoms with Crippen LogP contribution in [0.5, 0.6) is 0 Å². The maximum Gasteiger partial charge on any atom is 0.315 e. The van der Waals surface area contributed by atoms with Crippen molar-refractivity contribution in [1.29, 1.82) is 0 Å². The number of nitrogens with zero attached hydrogens (tertiary/aromatic N) is 1. The molecule has 2 N–H and O–H groups in total. The van der Waals surface area contributed by atoms with Crippen LogP contribution < -0.4 is 10.6 Å². The lowest BCUT2D eigenvalue weighted by Gasteiger charge is -2.23. The highest BCUT2D eigenvalue weighted by atomic mass is 79.9. The first kappa shape index (κ1) is 19.8. The number of nitrogens with one attached hydrogen (secondary N) is 2. The van der Waals surface area contributed by atoms with E-state index >= 15 is 0 Å². The molecule has 0 aromatic heterocycles. The number of carbonyl (C=O) groups is 2. The number of urea groups is 1. The number of rotatable bonds is 7. The van der Waals surface area contributed by atoms with E-state index in [0.29, 0.717) is 32.0 Å². The molecule has 6 heteroatoms. The summed E-state index contributed by atoms with van der Waals surface area (Å²) in [6.45, 7) is 1.12. The van der Waals surface area contributed by atoms with Gasteiger partial charge < -0.3 is 15.5 Å². The minimum Gasteiger partial charge on any atom is -0.341 e. The second kappa shape index (κ2) is 10.4. The van der Waals surface area contributed by atoms with E-state index in [1.54, 1.807) is 4.90 Å². The Hall–Kier alpha value is -1.56. The zero-order valence-corrected chi connectivity index (χ0v) is 16.5. The Labute approximate surface area is 158 Å². The van der Waals surface area contributed by atoms with Gasteiger partial charge in [-0.1, -0.05) is 47.3 Å². The van der Waals surface area contributed by atoms with Gasteiger partial charge in [-0.15, -0.1) is 0 Å². The third-order valence-electron chi connectivity index (χ3n) is 4.55. The van der Waals surface area contributed by atoms with Crippen molar-refractivity contribution in [2.24, 2.45) is 0 Å². The molecule has 1 saturated carbocycles. The molecule has 1 aromatic rings. The number of hydrogen-bond donors (Lipinski definition) is 2. The molecule has 1 aromatic carbocycles. The van der Waals surface area contributed by atoms with Crippen LogP contribution in [0.1, 0.15) is 50.5 Å². The predicted molar refractivity (Wildman–Crippen MR) is 103 cm³/mol. The smallest absolute Gasteiger partial charge is 0.315 e. The van der Waals surface area contributed by atoms with E-state index in [2.05, 4.69) is 26.6 Å². The van der Waals surface area contributed by atoms with Crippen molar-refractivity contribution in [3.05, 3.63) is 34.3 Å². The molecule has 138 valence electrons. The average molecular weight is 410 g/mol. The number of amides is 3. The molecule has 1 aliphatic carbocycles. The molecule has 0 aliphatic heterocycles. The van der Waals surface area contributed by atoms with Gasteiger partial charge in [0.15, 0.2) is 0 Å². The van der Waals surface area contributed by atoms with Gasteiger partial charge in [0, 0.05) is 37.1 Å². The largest absolute Gasteiger partial charge is 0.341 e. The van der Waals surface area contributed by atoms with Gasteiger partial charge in [0.25, 0.3) is 0 Å². The second-order valence-corrected chi connectivity index (χ2v) is 7.63. The summed E-state index contributed by atoms with van der Waals surface area (Å²) < 4.78 is 1.03. The summed E-state index contributed by atoms with van der Waals surface area (Å²) in [7, 11) is 1.81. The highest BCUT2D eigenvalue weighted by Crippen LogP contribution is 2.17. The van der Waals surface area contributed by atoms with Crippen LogP contribution in [0.2, 0.25) is 0 Å². The summed E-state index contributed by atoms with van der Waals surface area (Å²) in [5.41, 5.74) is 1.10. The van der Waals surface area contributed by atoms with Crippen LogP contribution in [0.25, 0.3) is 0 Å². The lowest BCUT2D eigenvalue weighted by atomic mass is 9.96. The minimum atomic E-state index is -0.109. The van der Waals surface area contributed by atoms with Crippen LogP contribution in [0.4, 0.5) is 4.79 Å². The van der Waals surface area contributed by atoms with Gasteiger partial charge >= 0.3 is 6.03 Å². The molecule has 0 spiro atoms. The van der Waals surface area contributed by atoms with Crippen LogP contribution in [-0.4, -0.2) is 36.5 Å². The highest BCUT2D eigenvalue weighted by Gasteiger charge is 2.15. The Morgan fingerprint density at radius 1 is 1.16 bits per heavy atom. The quantitative estimate of drug-likeness (QED) is 0.672. The summed E-state index contributed by atoms with van der Waals surface area (Å²) in [5, 5.41) is 5.87. The number of hydrogen-bond acceptors (Lipinski definition) is 2. The van der Waals surface area contributed by atoms with Gasteiger partial charge in [0.05, 0.1) is 0 Å². The van der Waals surface area contributed by atoms with Crippen LogP contribution in [0.15, 0.2) is 28.7 Å². The Balaban J connectivity index is 1.59. The summed E-state index contributed by atoms with van der Waals surface area (Å²) in [6.07, 6.45) is 6.92. The van der Waals surface area contributed by atoms with E-state index in [9.17, 15) is 9.59 Å². The van der Waals surface area contributed by atoms with Crippen molar-refractivity contribution >= 4 is 27.9 Å². The summed E-state index contributed by atoms with van der Waals surface area (Å²) in [4.78, 5) is 25.7. The Morgan fingerprint density at radius 2 is 1.84 bits per heavy atom. The Kier molecular flexibility index (Phi) is 8.25. The monoisotopic (exact) mass is 409 g/mol. The molecule has 0 bridgehead atoms. The van der Waals surface area contributed by atoms with Crippen LogP contribution in [0, 0.1) is 0 Å². The SMILES string of the molecule is CN(Cc1ccc(Br)cc1)C(=O)CCCNC(=O)NC1CCCCC1. The summed E-state index contributed by atoms with van der Waals surface area (Å²) in [6, 6.07) is 8.16. The van der Waals surface area contributed by atoms with Gasteiger partial charge in [0.1, 0.15) is 0 Å². The molecule has 0 radical (unpaired) electrons. The molecule has 3 amide bonds. The van der Waals surface area contributed by atoms with E-state index in [0.717, 1.165) is 22.9 Å². The molecule has 1 fully saturated rings. The fourth-order valence-electron chi connectivity index (χ4n) is 3.07. The number of carbonyl (C=O) groups excluding carboxylic acids is 2. The molecular weight excluding hydrogens is 382 g/mol. The number of halogens is 1. The topological polar surface area (TPSA) is 61.4 Å². The van der Waals surface area contributed by atoms with Gasteiger partial charge in [-0.05, 0) is 37.0 Å². The molecule has 2 rings (SSSR count). The van der Waals surface area contributed by atoms with Crippen LogP contribution >= 0.6 is 15.9 Å². The standard InChI is InChI=1S/C19H28BrN3O2/c1-23(14-15-9-11-16(20)12-10-15)18(24)8-5-13-21-19(25)22-17-6-3-2-4-7-17/h9-12,17H,2-8,13-14H2,1H3,(H2,21,22,25). The predicted octanol–water partition coefficient (Wildman–Crippen LogP) is 3.82. The second-order valence-electron chi connectivity index (χ2n) is 6.71. The number of benzene rings is 1. The molecule has 0 unspecified atom stereocenters. The molecule has 0 atom stereocenters. The molecule has 25 heavy (non-hydrogen) atoms. The molecular formula is C19H28BrN3O2. The average Bonchev–Trinajstić information content (AvgIpc) is 2.61. The van der Waals surface area contributed by atoms with E-state index in [1.165, 1.54) is 19.3 Å². The van der Waals surface area contributed by atoms with Crippen LogP contribution in [-0.2, 0) is 11.3 Å². The van der Waals surface area contributed by atoms with E-state index < -0.39 is 0 Å². The summed E-state index contributed by atoms with van der Waals surface area (Å²) in [5.74, 6) is 0.0948. The van der Waals surface area contributed by atoms with Crippen molar-refractivity contribution in [3.8, 4) is 0 Å². The van der Waals surface area contributed by atoms with Crippen molar-refractivity contribution < 1.29 is 9.59 Å². The Morgan fingerprint density at radius 3 is 2.52 bits per heavy atom. The fourth-order valence-corrected chi connectivity index (χ4v) is 3.33. The first-order chi connectivity index (χ1) is 12.0. The van der Waals surface area contributed by atoms with E-state index in [1.807, 2.05) is 31.3 Å². The zero-order chi connectivity index (χ0) is 18.1. The summed E-state index contributed by atoms with van der Waals surface area (Å²) >= 11 is 3.41. The lowest BCUT2D eigenvalue weighted by molar-refractivity contribution is -0.130. The maximum absolute atomic E-state index is 12.2. The van der Waals surface area contributed by atoms with Gasteiger partial charge in [-0.2, -0.15) is 0 Å². The third kappa shape index (κ3) is 7.46. The van der Waals surface area contributed by atoms with Crippen molar-refractivity contribution in [1.82, 2.24) is 15.5 Å². The van der Waals surface area contributed by atoms with Crippen molar-refractivity contribution in [2.75, 3.05) is 13.6 Å². The first-order valence-electron chi connectivity index (χ1n) is 9.07. The van der Waals surface area contributed by atoms with Crippen LogP contribution in [0.3, 0.4) is 0 Å². The molecule has 1 aliphatic rings. The molecule has 0 heterocycles. The van der Waals surface area contributed by atoms with Gasteiger partial charge in [0.2, 0.25) is 5.91 Å². The van der Waals surface area contributed by atoms with Crippen molar-refractivity contribution in [2.45, 2.75) is 57.5 Å². The minimum absolute atomic E-state index is 0.0948. The lowest BCUT2D eigenvalue weighted by Crippen LogP contribution is -2.43. The normalized spacial score (nSPS) is 14.8. The maximum atomic E-state index is 12.2. The molecule has 5 nitrogen and oxygen atoms in total. The highest BCUT2D eigenvalue weighted by molar-refractivity contribution is 9.10. The first-order valence-corrected chi connectivity index (χ1v) is 9.86. The third-order valence-corrected chi connectivity index (χ3v) is 5.08. The molecule has 0 saturated heterocycles. The fraction of sp³-hybridized carbons (Fsp3) is 0.579. The van der Waals surface area contributed by atoms with Gasteiger partial charge in [-0.25, -0.2) is 4.79 Å².